The van der Waals surface area contributed by atoms with Gasteiger partial charge in [-0.1, -0.05) is 15.9 Å². The van der Waals surface area contributed by atoms with Crippen LogP contribution in [0.4, 0.5) is 0 Å². The largest absolute Gasteiger partial charge is 0.376 e. The number of hydrogen-bond donors (Lipinski definition) is 1. The second-order valence-corrected chi connectivity index (χ2v) is 5.68. The van der Waals surface area contributed by atoms with Crippen molar-refractivity contribution in [3.63, 3.8) is 0 Å². The highest BCUT2D eigenvalue weighted by Crippen LogP contribution is 2.19. The smallest absolute Gasteiger partial charge is 0.253 e. The number of halogens is 1. The maximum Gasteiger partial charge on any atom is 0.253 e. The van der Waals surface area contributed by atoms with Crippen molar-refractivity contribution in [1.82, 2.24) is 25.5 Å². The molecule has 1 aromatic carbocycles. The molecule has 2 heterocycles. The van der Waals surface area contributed by atoms with Gasteiger partial charge < -0.3 is 10.1 Å². The molecule has 1 aliphatic heterocycles. The molecule has 1 amide bonds. The molecule has 7 nitrogen and oxygen atoms in total. The molecule has 1 aliphatic rings. The predicted octanol–water partition coefficient (Wildman–Crippen LogP) is 1.33. The molecular weight excluding hydrogens is 338 g/mol. The van der Waals surface area contributed by atoms with Gasteiger partial charge in [0, 0.05) is 17.6 Å². The summed E-state index contributed by atoms with van der Waals surface area (Å²) in [6.07, 6.45) is 3.60. The summed E-state index contributed by atoms with van der Waals surface area (Å²) in [6.45, 7) is 1.29. The minimum atomic E-state index is -0.169. The van der Waals surface area contributed by atoms with Crippen LogP contribution >= 0.6 is 15.9 Å². The van der Waals surface area contributed by atoms with E-state index in [1.807, 2.05) is 6.07 Å². The van der Waals surface area contributed by atoms with Gasteiger partial charge in [-0.15, -0.1) is 5.10 Å². The van der Waals surface area contributed by atoms with Gasteiger partial charge in [-0.3, -0.25) is 4.79 Å². The van der Waals surface area contributed by atoms with Crippen molar-refractivity contribution in [1.29, 1.82) is 0 Å². The van der Waals surface area contributed by atoms with Crippen molar-refractivity contribution in [2.75, 3.05) is 13.2 Å². The molecule has 21 heavy (non-hydrogen) atoms. The number of carbonyl (C=O) groups excluding carboxylic acids is 1. The quantitative estimate of drug-likeness (QED) is 0.898. The lowest BCUT2D eigenvalue weighted by atomic mass is 10.1. The summed E-state index contributed by atoms with van der Waals surface area (Å²) in [5, 5.41) is 13.9. The molecule has 1 fully saturated rings. The number of aromatic nitrogens is 4. The van der Waals surface area contributed by atoms with Gasteiger partial charge in [0.2, 0.25) is 0 Å². The first-order valence-electron chi connectivity index (χ1n) is 6.67. The summed E-state index contributed by atoms with van der Waals surface area (Å²) in [6, 6.07) is 5.39. The zero-order valence-electron chi connectivity index (χ0n) is 11.2. The molecular formula is C13H14BrN5O2. The van der Waals surface area contributed by atoms with E-state index >= 15 is 0 Å². The molecule has 8 heteroatoms. The Kier molecular flexibility index (Phi) is 4.26. The molecule has 110 valence electrons. The summed E-state index contributed by atoms with van der Waals surface area (Å²) < 4.78 is 7.79. The van der Waals surface area contributed by atoms with Crippen molar-refractivity contribution in [3.05, 3.63) is 34.6 Å². The van der Waals surface area contributed by atoms with E-state index in [2.05, 4.69) is 36.8 Å². The average molecular weight is 352 g/mol. The van der Waals surface area contributed by atoms with Crippen molar-refractivity contribution >= 4 is 21.8 Å². The highest BCUT2D eigenvalue weighted by atomic mass is 79.9. The lowest BCUT2D eigenvalue weighted by molar-refractivity contribution is 0.0857. The third-order valence-corrected chi connectivity index (χ3v) is 3.81. The van der Waals surface area contributed by atoms with Crippen LogP contribution < -0.4 is 5.32 Å². The molecule has 0 spiro atoms. The maximum absolute atomic E-state index is 12.4. The molecule has 1 N–H and O–H groups in total. The first kappa shape index (κ1) is 14.2. The Bertz CT molecular complexity index is 625. The Hall–Kier alpha value is -1.80. The molecule has 0 radical (unpaired) electrons. The van der Waals surface area contributed by atoms with E-state index in [0.29, 0.717) is 17.8 Å². The van der Waals surface area contributed by atoms with Gasteiger partial charge in [0.05, 0.1) is 17.4 Å². The monoisotopic (exact) mass is 351 g/mol. The second kappa shape index (κ2) is 6.31. The molecule has 3 rings (SSSR count). The van der Waals surface area contributed by atoms with Crippen LogP contribution in [-0.4, -0.2) is 45.4 Å². The van der Waals surface area contributed by atoms with Crippen LogP contribution in [0.5, 0.6) is 0 Å². The van der Waals surface area contributed by atoms with Gasteiger partial charge >= 0.3 is 0 Å². The molecule has 2 aromatic rings. The summed E-state index contributed by atoms with van der Waals surface area (Å²) in [5.74, 6) is -0.169. The third-order valence-electron chi connectivity index (χ3n) is 3.31. The molecule has 0 saturated carbocycles. The van der Waals surface area contributed by atoms with Crippen LogP contribution in [0.15, 0.2) is 29.0 Å². The van der Waals surface area contributed by atoms with Crippen LogP contribution in [0.25, 0.3) is 5.69 Å². The predicted molar refractivity (Wildman–Crippen MR) is 78.2 cm³/mol. The van der Waals surface area contributed by atoms with E-state index in [1.54, 1.807) is 12.1 Å². The van der Waals surface area contributed by atoms with E-state index < -0.39 is 0 Å². The SMILES string of the molecule is O=C(NCC1CCCO1)c1cc(Br)ccc1-n1cnnn1. The summed E-state index contributed by atoms with van der Waals surface area (Å²) in [5.41, 5.74) is 1.14. The van der Waals surface area contributed by atoms with Crippen LogP contribution in [0.3, 0.4) is 0 Å². The lowest BCUT2D eigenvalue weighted by Gasteiger charge is -2.13. The molecule has 1 saturated heterocycles. The van der Waals surface area contributed by atoms with Crippen molar-refractivity contribution < 1.29 is 9.53 Å². The zero-order valence-corrected chi connectivity index (χ0v) is 12.8. The van der Waals surface area contributed by atoms with Crippen LogP contribution in [-0.2, 0) is 4.74 Å². The van der Waals surface area contributed by atoms with Gasteiger partial charge in [-0.25, -0.2) is 0 Å². The Morgan fingerprint density at radius 3 is 3.14 bits per heavy atom. The van der Waals surface area contributed by atoms with Crippen LogP contribution in [0, 0.1) is 0 Å². The van der Waals surface area contributed by atoms with Gasteiger partial charge in [-0.2, -0.15) is 4.68 Å². The molecule has 0 bridgehead atoms. The molecule has 1 aromatic heterocycles. The number of amides is 1. The number of nitrogens with one attached hydrogen (secondary N) is 1. The van der Waals surface area contributed by atoms with Crippen molar-refractivity contribution in [3.8, 4) is 5.69 Å². The number of nitrogens with zero attached hydrogens (tertiary/aromatic N) is 4. The first-order valence-corrected chi connectivity index (χ1v) is 7.46. The molecule has 1 atom stereocenters. The fourth-order valence-electron chi connectivity index (χ4n) is 2.27. The Balaban J connectivity index is 1.79. The fourth-order valence-corrected chi connectivity index (χ4v) is 2.63. The lowest BCUT2D eigenvalue weighted by Crippen LogP contribution is -2.32. The van der Waals surface area contributed by atoms with E-state index in [4.69, 9.17) is 4.74 Å². The molecule has 0 aliphatic carbocycles. The van der Waals surface area contributed by atoms with Crippen molar-refractivity contribution in [2.24, 2.45) is 0 Å². The average Bonchev–Trinajstić information content (AvgIpc) is 3.18. The summed E-state index contributed by atoms with van der Waals surface area (Å²) in [7, 11) is 0. The maximum atomic E-state index is 12.4. The fraction of sp³-hybridized carbons (Fsp3) is 0.385. The number of carbonyl (C=O) groups is 1. The summed E-state index contributed by atoms with van der Waals surface area (Å²) >= 11 is 3.38. The number of tetrazole rings is 1. The number of rotatable bonds is 4. The summed E-state index contributed by atoms with van der Waals surface area (Å²) in [4.78, 5) is 12.4. The highest BCUT2D eigenvalue weighted by Gasteiger charge is 2.19. The Morgan fingerprint density at radius 1 is 1.52 bits per heavy atom. The minimum Gasteiger partial charge on any atom is -0.376 e. The van der Waals surface area contributed by atoms with Crippen molar-refractivity contribution in [2.45, 2.75) is 18.9 Å². The van der Waals surface area contributed by atoms with E-state index in [0.717, 1.165) is 23.9 Å². The first-order chi connectivity index (χ1) is 10.2. The van der Waals surface area contributed by atoms with Crippen LogP contribution in [0.2, 0.25) is 0 Å². The zero-order chi connectivity index (χ0) is 14.7. The third kappa shape index (κ3) is 3.27. The standard InChI is InChI=1S/C13H14BrN5O2/c14-9-3-4-12(19-8-16-17-18-19)11(6-9)13(20)15-7-10-2-1-5-21-10/h3-4,6,8,10H,1-2,5,7H2,(H,15,20). The van der Waals surface area contributed by atoms with E-state index in [1.165, 1.54) is 11.0 Å². The number of benzene rings is 1. The number of hydrogen-bond acceptors (Lipinski definition) is 5. The normalized spacial score (nSPS) is 17.9. The van der Waals surface area contributed by atoms with E-state index in [-0.39, 0.29) is 12.0 Å². The van der Waals surface area contributed by atoms with Gasteiger partial charge in [0.15, 0.2) is 0 Å². The second-order valence-electron chi connectivity index (χ2n) is 4.76. The van der Waals surface area contributed by atoms with Crippen LogP contribution in [0.1, 0.15) is 23.2 Å². The van der Waals surface area contributed by atoms with Gasteiger partial charge in [0.1, 0.15) is 6.33 Å². The Labute approximate surface area is 129 Å². The van der Waals surface area contributed by atoms with Gasteiger partial charge in [-0.05, 0) is 41.5 Å². The van der Waals surface area contributed by atoms with E-state index in [9.17, 15) is 4.79 Å². The van der Waals surface area contributed by atoms with Gasteiger partial charge in [0.25, 0.3) is 5.91 Å². The Morgan fingerprint density at radius 2 is 2.43 bits per heavy atom. The molecule has 1 unspecified atom stereocenters. The minimum absolute atomic E-state index is 0.109. The highest BCUT2D eigenvalue weighted by molar-refractivity contribution is 9.10. The topological polar surface area (TPSA) is 81.9 Å². The number of ether oxygens (including phenoxy) is 1.